The van der Waals surface area contributed by atoms with E-state index in [1.807, 2.05) is 13.1 Å². The summed E-state index contributed by atoms with van der Waals surface area (Å²) in [4.78, 5) is 18.6. The highest BCUT2D eigenvalue weighted by molar-refractivity contribution is 5.98. The van der Waals surface area contributed by atoms with Crippen molar-refractivity contribution in [3.8, 4) is 0 Å². The Morgan fingerprint density at radius 1 is 0.795 bits per heavy atom. The lowest BCUT2D eigenvalue weighted by molar-refractivity contribution is 0.122. The minimum atomic E-state index is -0.642. The van der Waals surface area contributed by atoms with E-state index in [4.69, 9.17) is 19.4 Å². The maximum Gasteiger partial charge on any atom is 0.152 e. The molecule has 3 fully saturated rings. The van der Waals surface area contributed by atoms with Crippen LogP contribution < -0.4 is 20.0 Å². The van der Waals surface area contributed by atoms with Crippen molar-refractivity contribution < 1.29 is 18.3 Å². The number of rotatable bonds is 5. The van der Waals surface area contributed by atoms with E-state index in [9.17, 15) is 4.39 Å². The first-order valence-electron chi connectivity index (χ1n) is 13.6. The number of hydrogen-bond acceptors (Lipinski definition) is 9. The van der Waals surface area contributed by atoms with Crippen molar-refractivity contribution in [3.63, 3.8) is 0 Å². The van der Waals surface area contributed by atoms with Gasteiger partial charge in [0.15, 0.2) is 5.82 Å². The van der Waals surface area contributed by atoms with Gasteiger partial charge >= 0.3 is 0 Å². The smallest absolute Gasteiger partial charge is 0.152 e. The molecular weight excluding hydrogens is 504 g/mol. The van der Waals surface area contributed by atoms with E-state index < -0.39 is 11.6 Å². The van der Waals surface area contributed by atoms with Crippen LogP contribution in [0.25, 0.3) is 10.9 Å². The molecule has 3 aliphatic heterocycles. The van der Waals surface area contributed by atoms with Crippen LogP contribution in [0.1, 0.15) is 5.56 Å². The number of nitrogens with zero attached hydrogens (tertiary/aromatic N) is 6. The monoisotopic (exact) mass is 539 g/mol. The topological polar surface area (TPSA) is 69.2 Å². The summed E-state index contributed by atoms with van der Waals surface area (Å²) in [5, 5.41) is 3.84. The zero-order valence-corrected chi connectivity index (χ0v) is 22.6. The molecule has 39 heavy (non-hydrogen) atoms. The number of halogens is 2. The fraction of sp³-hybridized carbons (Fsp3) is 0.500. The van der Waals surface area contributed by atoms with Gasteiger partial charge in [0.05, 0.1) is 60.6 Å². The fourth-order valence-corrected chi connectivity index (χ4v) is 5.57. The van der Waals surface area contributed by atoms with Gasteiger partial charge in [-0.25, -0.2) is 18.7 Å². The quantitative estimate of drug-likeness (QED) is 0.526. The summed E-state index contributed by atoms with van der Waals surface area (Å²) in [5.74, 6) is 0.242. The lowest BCUT2D eigenvalue weighted by atomic mass is 10.1. The first kappa shape index (κ1) is 26.0. The van der Waals surface area contributed by atoms with Crippen LogP contribution in [-0.4, -0.2) is 101 Å². The SMILES string of the molecule is Cc1c(N2CCN(C)CC2)nc2cc(F)cc(F)c2c1Nc1cc(N2CCOCC2)cnc1N1CCOCC1. The van der Waals surface area contributed by atoms with Crippen molar-refractivity contribution >= 4 is 39.6 Å². The molecule has 3 saturated heterocycles. The number of anilines is 5. The predicted octanol–water partition coefficient (Wildman–Crippen LogP) is 3.39. The van der Waals surface area contributed by atoms with Crippen LogP contribution in [0.5, 0.6) is 0 Å². The van der Waals surface area contributed by atoms with Crippen molar-refractivity contribution in [3.05, 3.63) is 41.6 Å². The van der Waals surface area contributed by atoms with E-state index >= 15 is 4.39 Å². The molecule has 1 N–H and O–H groups in total. The molecule has 5 heterocycles. The van der Waals surface area contributed by atoms with Gasteiger partial charge in [0.25, 0.3) is 0 Å². The Morgan fingerprint density at radius 2 is 1.44 bits per heavy atom. The lowest BCUT2D eigenvalue weighted by Gasteiger charge is -2.35. The van der Waals surface area contributed by atoms with E-state index in [1.54, 1.807) is 0 Å². The Labute approximate surface area is 227 Å². The number of fused-ring (bicyclic) bond motifs is 1. The Balaban J connectivity index is 1.48. The molecule has 3 aliphatic rings. The number of aromatic nitrogens is 2. The van der Waals surface area contributed by atoms with E-state index in [2.05, 4.69) is 38.0 Å². The van der Waals surface area contributed by atoms with Gasteiger partial charge in [0.2, 0.25) is 0 Å². The van der Waals surface area contributed by atoms with E-state index in [1.165, 1.54) is 6.07 Å². The molecule has 0 bridgehead atoms. The average Bonchev–Trinajstić information content (AvgIpc) is 2.95. The van der Waals surface area contributed by atoms with Crippen LogP contribution in [0.3, 0.4) is 0 Å². The highest BCUT2D eigenvalue weighted by atomic mass is 19.1. The Bertz CT molecular complexity index is 1340. The molecule has 1 aromatic carbocycles. The molecule has 0 saturated carbocycles. The molecule has 0 radical (unpaired) electrons. The predicted molar refractivity (Wildman–Crippen MR) is 150 cm³/mol. The molecule has 0 amide bonds. The van der Waals surface area contributed by atoms with Crippen LogP contribution in [-0.2, 0) is 9.47 Å². The number of pyridine rings is 2. The second-order valence-electron chi connectivity index (χ2n) is 10.4. The van der Waals surface area contributed by atoms with Crippen LogP contribution in [0.15, 0.2) is 24.4 Å². The maximum atomic E-state index is 15.4. The molecular formula is C28H35F2N7O2. The molecule has 9 nitrogen and oxygen atoms in total. The van der Waals surface area contributed by atoms with Gasteiger partial charge in [-0.15, -0.1) is 0 Å². The number of hydrogen-bond donors (Lipinski definition) is 1. The highest BCUT2D eigenvalue weighted by Gasteiger charge is 2.25. The molecule has 208 valence electrons. The summed E-state index contributed by atoms with van der Waals surface area (Å²) < 4.78 is 40.9. The van der Waals surface area contributed by atoms with E-state index in [0.29, 0.717) is 50.7 Å². The number of benzene rings is 1. The molecule has 0 aliphatic carbocycles. The van der Waals surface area contributed by atoms with Gasteiger partial charge in [-0.3, -0.25) is 0 Å². The molecule has 0 unspecified atom stereocenters. The third-order valence-electron chi connectivity index (χ3n) is 7.82. The Kier molecular flexibility index (Phi) is 7.37. The Hall–Kier alpha value is -3.28. The van der Waals surface area contributed by atoms with Crippen molar-refractivity contribution in [2.45, 2.75) is 6.92 Å². The number of nitrogens with one attached hydrogen (secondary N) is 1. The third kappa shape index (κ3) is 5.30. The minimum Gasteiger partial charge on any atom is -0.378 e. The Morgan fingerprint density at radius 3 is 2.13 bits per heavy atom. The molecule has 2 aromatic heterocycles. The largest absolute Gasteiger partial charge is 0.378 e. The molecule has 0 spiro atoms. The standard InChI is InChI=1S/C28H35F2N7O2/c1-19-26(25-22(30)15-20(29)16-23(25)33-27(19)36-5-3-34(2)4-6-36)32-24-17-21(35-7-11-38-12-8-35)18-31-28(24)37-9-13-39-14-10-37/h15-18H,3-14H2,1-2H3,(H,32,33). The summed E-state index contributed by atoms with van der Waals surface area (Å²) in [7, 11) is 2.09. The minimum absolute atomic E-state index is 0.275. The summed E-state index contributed by atoms with van der Waals surface area (Å²) in [6.45, 7) is 10.9. The molecule has 3 aromatic rings. The summed E-state index contributed by atoms with van der Waals surface area (Å²) in [5.41, 5.74) is 3.44. The van der Waals surface area contributed by atoms with Crippen molar-refractivity contribution in [2.24, 2.45) is 0 Å². The second-order valence-corrected chi connectivity index (χ2v) is 10.4. The maximum absolute atomic E-state index is 15.4. The van der Waals surface area contributed by atoms with E-state index in [-0.39, 0.29) is 5.39 Å². The second kappa shape index (κ2) is 11.1. The first-order valence-corrected chi connectivity index (χ1v) is 13.6. The average molecular weight is 540 g/mol. The van der Waals surface area contributed by atoms with Gasteiger partial charge in [0, 0.05) is 70.1 Å². The van der Waals surface area contributed by atoms with Gasteiger partial charge in [-0.1, -0.05) is 0 Å². The lowest BCUT2D eigenvalue weighted by Crippen LogP contribution is -2.45. The number of likely N-dealkylation sites (N-methyl/N-ethyl adjacent to an activating group) is 1. The van der Waals surface area contributed by atoms with Crippen LogP contribution in [0, 0.1) is 18.6 Å². The third-order valence-corrected chi connectivity index (χ3v) is 7.82. The summed E-state index contributed by atoms with van der Waals surface area (Å²) in [6.07, 6.45) is 1.89. The number of ether oxygens (including phenoxy) is 2. The summed E-state index contributed by atoms with van der Waals surface area (Å²) >= 11 is 0. The van der Waals surface area contributed by atoms with Gasteiger partial charge in [-0.05, 0) is 20.0 Å². The van der Waals surface area contributed by atoms with Gasteiger partial charge < -0.3 is 34.4 Å². The van der Waals surface area contributed by atoms with Crippen molar-refractivity contribution in [2.75, 3.05) is 106 Å². The van der Waals surface area contributed by atoms with Gasteiger partial charge in [0.1, 0.15) is 17.5 Å². The first-order chi connectivity index (χ1) is 19.0. The van der Waals surface area contributed by atoms with Crippen LogP contribution >= 0.6 is 0 Å². The number of morpholine rings is 2. The zero-order chi connectivity index (χ0) is 26.9. The van der Waals surface area contributed by atoms with E-state index in [0.717, 1.165) is 73.9 Å². The fourth-order valence-electron chi connectivity index (χ4n) is 5.57. The van der Waals surface area contributed by atoms with Crippen LogP contribution in [0.4, 0.5) is 37.5 Å². The number of piperazine rings is 1. The molecule has 6 rings (SSSR count). The van der Waals surface area contributed by atoms with Crippen LogP contribution in [0.2, 0.25) is 0 Å². The van der Waals surface area contributed by atoms with Crippen molar-refractivity contribution in [1.29, 1.82) is 0 Å². The summed E-state index contributed by atoms with van der Waals surface area (Å²) in [6, 6.07) is 4.31. The van der Waals surface area contributed by atoms with Gasteiger partial charge in [-0.2, -0.15) is 0 Å². The van der Waals surface area contributed by atoms with Crippen molar-refractivity contribution in [1.82, 2.24) is 14.9 Å². The molecule has 11 heteroatoms. The highest BCUT2D eigenvalue weighted by Crippen LogP contribution is 2.39. The normalized spacial score (nSPS) is 19.1. The molecule has 0 atom stereocenters. The zero-order valence-electron chi connectivity index (χ0n) is 22.6.